The highest BCUT2D eigenvalue weighted by Crippen LogP contribution is 2.31. The second-order valence-corrected chi connectivity index (χ2v) is 7.97. The van der Waals surface area contributed by atoms with Gasteiger partial charge in [0.2, 0.25) is 11.8 Å². The molecule has 112 valence electrons. The van der Waals surface area contributed by atoms with Crippen molar-refractivity contribution < 1.29 is 9.59 Å². The Morgan fingerprint density at radius 3 is 2.35 bits per heavy atom. The Hall–Kier alpha value is -0.360. The van der Waals surface area contributed by atoms with Crippen LogP contribution in [0.1, 0.15) is 25.7 Å². The van der Waals surface area contributed by atoms with Gasteiger partial charge in [0, 0.05) is 36.3 Å². The quantitative estimate of drug-likeness (QED) is 0.777. The van der Waals surface area contributed by atoms with Crippen LogP contribution in [-0.2, 0) is 9.59 Å². The fourth-order valence-corrected chi connectivity index (χ4v) is 5.32. The van der Waals surface area contributed by atoms with E-state index in [-0.39, 0.29) is 23.8 Å². The summed E-state index contributed by atoms with van der Waals surface area (Å²) in [6.45, 7) is 1.69. The van der Waals surface area contributed by atoms with Crippen molar-refractivity contribution in [2.75, 3.05) is 36.2 Å². The van der Waals surface area contributed by atoms with E-state index in [1.807, 2.05) is 21.6 Å². The van der Waals surface area contributed by atoms with E-state index in [2.05, 4.69) is 0 Å². The summed E-state index contributed by atoms with van der Waals surface area (Å²) in [6, 6.07) is -0.198. The van der Waals surface area contributed by atoms with Gasteiger partial charge in [-0.1, -0.05) is 12.8 Å². The molecule has 1 unspecified atom stereocenters. The second kappa shape index (κ2) is 6.60. The van der Waals surface area contributed by atoms with Gasteiger partial charge < -0.3 is 9.80 Å². The van der Waals surface area contributed by atoms with Crippen LogP contribution in [0.4, 0.5) is 0 Å². The van der Waals surface area contributed by atoms with Crippen molar-refractivity contribution in [3.63, 3.8) is 0 Å². The van der Waals surface area contributed by atoms with E-state index >= 15 is 0 Å². The summed E-state index contributed by atoms with van der Waals surface area (Å²) in [5, 5.41) is 0. The summed E-state index contributed by atoms with van der Waals surface area (Å²) in [7, 11) is 0. The van der Waals surface area contributed by atoms with E-state index in [0.717, 1.165) is 43.2 Å². The van der Waals surface area contributed by atoms with Crippen LogP contribution in [0.25, 0.3) is 0 Å². The minimum atomic E-state index is -0.198. The van der Waals surface area contributed by atoms with E-state index in [1.165, 1.54) is 12.8 Å². The van der Waals surface area contributed by atoms with Crippen LogP contribution < -0.4 is 0 Å². The van der Waals surface area contributed by atoms with Gasteiger partial charge in [-0.25, -0.2) is 0 Å². The molecule has 2 amide bonds. The molecule has 0 spiro atoms. The monoisotopic (exact) mass is 314 g/mol. The third-order valence-corrected chi connectivity index (χ3v) is 6.43. The smallest absolute Gasteiger partial charge is 0.246 e. The number of hydrogen-bond donors (Lipinski definition) is 0. The van der Waals surface area contributed by atoms with E-state index in [4.69, 9.17) is 0 Å². The van der Waals surface area contributed by atoms with Gasteiger partial charge in [-0.3, -0.25) is 9.59 Å². The molecule has 0 bridgehead atoms. The highest BCUT2D eigenvalue weighted by molar-refractivity contribution is 7.99. The van der Waals surface area contributed by atoms with E-state index < -0.39 is 0 Å². The van der Waals surface area contributed by atoms with E-state index in [9.17, 15) is 9.59 Å². The lowest BCUT2D eigenvalue weighted by molar-refractivity contribution is -0.145. The van der Waals surface area contributed by atoms with E-state index in [0.29, 0.717) is 5.88 Å². The molecule has 3 rings (SSSR count). The molecule has 0 aromatic carbocycles. The Labute approximate surface area is 129 Å². The highest BCUT2D eigenvalue weighted by atomic mass is 32.2. The molecular weight excluding hydrogens is 292 g/mol. The predicted octanol–water partition coefficient (Wildman–Crippen LogP) is 1.65. The SMILES string of the molecule is O=C(C1CSCN1C(=O)C1CCCC1)N1CCSCC1. The normalized spacial score (nSPS) is 28.1. The maximum absolute atomic E-state index is 12.6. The van der Waals surface area contributed by atoms with Crippen LogP contribution in [0.15, 0.2) is 0 Å². The fourth-order valence-electron chi connectivity index (χ4n) is 3.27. The number of rotatable bonds is 2. The van der Waals surface area contributed by atoms with Crippen molar-refractivity contribution >= 4 is 35.3 Å². The van der Waals surface area contributed by atoms with Crippen molar-refractivity contribution in [2.45, 2.75) is 31.7 Å². The number of thioether (sulfide) groups is 2. The van der Waals surface area contributed by atoms with Crippen molar-refractivity contribution in [1.29, 1.82) is 0 Å². The van der Waals surface area contributed by atoms with Crippen molar-refractivity contribution in [2.24, 2.45) is 5.92 Å². The average Bonchev–Trinajstić information content (AvgIpc) is 3.18. The van der Waals surface area contributed by atoms with Gasteiger partial charge in [-0.2, -0.15) is 11.8 Å². The topological polar surface area (TPSA) is 40.6 Å². The summed E-state index contributed by atoms with van der Waals surface area (Å²) in [5.74, 6) is 4.14. The number of carbonyl (C=O) groups is 2. The zero-order chi connectivity index (χ0) is 13.9. The first-order chi connectivity index (χ1) is 9.77. The minimum absolute atomic E-state index is 0.181. The molecule has 2 heterocycles. The van der Waals surface area contributed by atoms with E-state index in [1.54, 1.807) is 11.8 Å². The molecule has 6 heteroatoms. The molecule has 0 N–H and O–H groups in total. The maximum Gasteiger partial charge on any atom is 0.246 e. The second-order valence-electron chi connectivity index (χ2n) is 5.74. The maximum atomic E-state index is 12.6. The summed E-state index contributed by atoms with van der Waals surface area (Å²) in [6.07, 6.45) is 4.36. The van der Waals surface area contributed by atoms with Gasteiger partial charge in [-0.05, 0) is 12.8 Å². The first-order valence-electron chi connectivity index (χ1n) is 7.52. The summed E-state index contributed by atoms with van der Waals surface area (Å²) >= 11 is 3.63. The van der Waals surface area contributed by atoms with Crippen molar-refractivity contribution in [1.82, 2.24) is 9.80 Å². The average molecular weight is 314 g/mol. The first kappa shape index (κ1) is 14.6. The number of amides is 2. The molecule has 3 aliphatic rings. The van der Waals surface area contributed by atoms with Gasteiger partial charge in [-0.15, -0.1) is 11.8 Å². The molecule has 0 aromatic heterocycles. The number of nitrogens with zero attached hydrogens (tertiary/aromatic N) is 2. The molecule has 1 aliphatic carbocycles. The van der Waals surface area contributed by atoms with Gasteiger partial charge >= 0.3 is 0 Å². The molecule has 0 aromatic rings. The Morgan fingerprint density at radius 2 is 1.65 bits per heavy atom. The van der Waals surface area contributed by atoms with Gasteiger partial charge in [0.05, 0.1) is 5.88 Å². The Bertz CT molecular complexity index is 379. The third-order valence-electron chi connectivity index (χ3n) is 4.48. The van der Waals surface area contributed by atoms with Gasteiger partial charge in [0.1, 0.15) is 6.04 Å². The highest BCUT2D eigenvalue weighted by Gasteiger charge is 2.40. The minimum Gasteiger partial charge on any atom is -0.339 e. The van der Waals surface area contributed by atoms with Crippen molar-refractivity contribution in [3.8, 4) is 0 Å². The molecule has 4 nitrogen and oxygen atoms in total. The molecule has 3 fully saturated rings. The summed E-state index contributed by atoms with van der Waals surface area (Å²) in [5.41, 5.74) is 0. The standard InChI is InChI=1S/C14H22N2O2S2/c17-13(11-3-1-2-4-11)16-10-20-9-12(16)14(18)15-5-7-19-8-6-15/h11-12H,1-10H2. The number of carbonyl (C=O) groups excluding carboxylic acids is 2. The van der Waals surface area contributed by atoms with Crippen LogP contribution in [0.5, 0.6) is 0 Å². The lowest BCUT2D eigenvalue weighted by Gasteiger charge is -2.32. The van der Waals surface area contributed by atoms with Crippen LogP contribution in [0.3, 0.4) is 0 Å². The number of hydrogen-bond acceptors (Lipinski definition) is 4. The van der Waals surface area contributed by atoms with Crippen LogP contribution in [0.2, 0.25) is 0 Å². The van der Waals surface area contributed by atoms with Crippen LogP contribution >= 0.6 is 23.5 Å². The zero-order valence-corrected chi connectivity index (χ0v) is 13.4. The molecular formula is C14H22N2O2S2. The molecule has 2 aliphatic heterocycles. The largest absolute Gasteiger partial charge is 0.339 e. The summed E-state index contributed by atoms with van der Waals surface area (Å²) < 4.78 is 0. The van der Waals surface area contributed by atoms with Crippen LogP contribution in [-0.4, -0.2) is 63.9 Å². The summed E-state index contributed by atoms with van der Waals surface area (Å²) in [4.78, 5) is 29.0. The van der Waals surface area contributed by atoms with Crippen LogP contribution in [0, 0.1) is 5.92 Å². The Balaban J connectivity index is 1.65. The molecule has 20 heavy (non-hydrogen) atoms. The molecule has 0 radical (unpaired) electrons. The predicted molar refractivity (Wildman–Crippen MR) is 83.8 cm³/mol. The molecule has 1 saturated carbocycles. The lowest BCUT2D eigenvalue weighted by atomic mass is 10.1. The zero-order valence-electron chi connectivity index (χ0n) is 11.8. The Kier molecular flexibility index (Phi) is 4.81. The third kappa shape index (κ3) is 2.96. The molecule has 2 saturated heterocycles. The van der Waals surface area contributed by atoms with Gasteiger partial charge in [0.25, 0.3) is 0 Å². The Morgan fingerprint density at radius 1 is 0.950 bits per heavy atom. The lowest BCUT2D eigenvalue weighted by Crippen LogP contribution is -2.52. The molecule has 1 atom stereocenters. The van der Waals surface area contributed by atoms with Crippen molar-refractivity contribution in [3.05, 3.63) is 0 Å². The fraction of sp³-hybridized carbons (Fsp3) is 0.857. The van der Waals surface area contributed by atoms with Gasteiger partial charge in [0.15, 0.2) is 0 Å². The first-order valence-corrected chi connectivity index (χ1v) is 9.83.